The van der Waals surface area contributed by atoms with Gasteiger partial charge in [-0.15, -0.1) is 0 Å². The summed E-state index contributed by atoms with van der Waals surface area (Å²) in [4.78, 5) is 4.57. The number of aromatic nitrogens is 2. The number of imidazole rings is 1. The van der Waals surface area contributed by atoms with Gasteiger partial charge in [0, 0.05) is 7.05 Å². The summed E-state index contributed by atoms with van der Waals surface area (Å²) in [5.41, 5.74) is 2.25. The van der Waals surface area contributed by atoms with E-state index in [4.69, 9.17) is 23.2 Å². The molecule has 3 rings (SSSR count). The lowest BCUT2D eigenvalue weighted by Crippen LogP contribution is -2.06. The van der Waals surface area contributed by atoms with Crippen molar-refractivity contribution in [3.63, 3.8) is 0 Å². The van der Waals surface area contributed by atoms with Gasteiger partial charge in [0.15, 0.2) is 0 Å². The SMILES string of the molecule is CCC(CC)c1ccc(Cl)c2nc(Nc3ccc(C(F)(F)F)cc3Cl)n(C)c12. The predicted molar refractivity (Wildman–Crippen MR) is 109 cm³/mol. The van der Waals surface area contributed by atoms with Crippen molar-refractivity contribution in [3.05, 3.63) is 51.5 Å². The number of benzene rings is 2. The van der Waals surface area contributed by atoms with Crippen molar-refractivity contribution < 1.29 is 13.2 Å². The zero-order valence-electron chi connectivity index (χ0n) is 15.7. The van der Waals surface area contributed by atoms with Gasteiger partial charge in [-0.3, -0.25) is 0 Å². The predicted octanol–water partition coefficient (Wildman–Crippen LogP) is 7.55. The highest BCUT2D eigenvalue weighted by atomic mass is 35.5. The number of nitrogens with one attached hydrogen (secondary N) is 1. The first-order valence-corrected chi connectivity index (χ1v) is 9.71. The first kappa shape index (κ1) is 20.8. The maximum absolute atomic E-state index is 12.9. The summed E-state index contributed by atoms with van der Waals surface area (Å²) in [5, 5.41) is 3.52. The van der Waals surface area contributed by atoms with E-state index in [0.717, 1.165) is 36.1 Å². The largest absolute Gasteiger partial charge is 0.416 e. The fourth-order valence-corrected chi connectivity index (χ4v) is 3.82. The minimum absolute atomic E-state index is 0.0341. The summed E-state index contributed by atoms with van der Waals surface area (Å²) < 4.78 is 40.4. The topological polar surface area (TPSA) is 29.9 Å². The van der Waals surface area contributed by atoms with E-state index in [-0.39, 0.29) is 5.02 Å². The maximum Gasteiger partial charge on any atom is 0.416 e. The molecule has 3 nitrogen and oxygen atoms in total. The van der Waals surface area contributed by atoms with Crippen LogP contribution in [0.5, 0.6) is 0 Å². The molecule has 0 amide bonds. The van der Waals surface area contributed by atoms with E-state index in [1.807, 2.05) is 23.7 Å². The van der Waals surface area contributed by atoms with Gasteiger partial charge >= 0.3 is 6.18 Å². The Balaban J connectivity index is 2.07. The fourth-order valence-electron chi connectivity index (χ4n) is 3.40. The summed E-state index contributed by atoms with van der Waals surface area (Å²) in [5.74, 6) is 0.814. The molecule has 1 N–H and O–H groups in total. The Hall–Kier alpha value is -1.92. The van der Waals surface area contributed by atoms with Crippen molar-refractivity contribution in [1.29, 1.82) is 0 Å². The van der Waals surface area contributed by atoms with E-state index in [2.05, 4.69) is 24.1 Å². The van der Waals surface area contributed by atoms with Crippen LogP contribution in [0.25, 0.3) is 11.0 Å². The van der Waals surface area contributed by atoms with Gasteiger partial charge in [0.1, 0.15) is 5.52 Å². The van der Waals surface area contributed by atoms with Gasteiger partial charge in [0.05, 0.1) is 26.8 Å². The molecule has 0 fully saturated rings. The number of hydrogen-bond acceptors (Lipinski definition) is 2. The molecule has 0 unspecified atom stereocenters. The molecule has 0 radical (unpaired) electrons. The highest BCUT2D eigenvalue weighted by Gasteiger charge is 2.31. The number of alkyl halides is 3. The quantitative estimate of drug-likeness (QED) is 0.453. The third-order valence-electron chi connectivity index (χ3n) is 4.97. The highest BCUT2D eigenvalue weighted by molar-refractivity contribution is 6.35. The fraction of sp³-hybridized carbons (Fsp3) is 0.350. The van der Waals surface area contributed by atoms with Crippen LogP contribution in [0, 0.1) is 0 Å². The lowest BCUT2D eigenvalue weighted by molar-refractivity contribution is -0.137. The van der Waals surface area contributed by atoms with Crippen molar-refractivity contribution in [3.8, 4) is 0 Å². The molecule has 0 aliphatic heterocycles. The second kappa shape index (κ2) is 7.84. The van der Waals surface area contributed by atoms with Gasteiger partial charge in [-0.25, -0.2) is 4.98 Å². The number of nitrogens with zero attached hydrogens (tertiary/aromatic N) is 2. The number of hydrogen-bond donors (Lipinski definition) is 1. The Morgan fingerprint density at radius 3 is 2.32 bits per heavy atom. The second-order valence-electron chi connectivity index (χ2n) is 6.66. The summed E-state index contributed by atoms with van der Waals surface area (Å²) >= 11 is 12.4. The Kier molecular flexibility index (Phi) is 5.82. The van der Waals surface area contributed by atoms with E-state index in [1.165, 1.54) is 6.07 Å². The number of rotatable bonds is 5. The summed E-state index contributed by atoms with van der Waals surface area (Å²) in [7, 11) is 1.85. The first-order chi connectivity index (χ1) is 13.2. The molecule has 0 bridgehead atoms. The first-order valence-electron chi connectivity index (χ1n) is 8.95. The molecule has 0 aliphatic carbocycles. The van der Waals surface area contributed by atoms with Crippen LogP contribution in [0.3, 0.4) is 0 Å². The van der Waals surface area contributed by atoms with Gasteiger partial charge in [-0.1, -0.05) is 43.1 Å². The second-order valence-corrected chi connectivity index (χ2v) is 7.47. The van der Waals surface area contributed by atoms with Gasteiger partial charge in [0.25, 0.3) is 0 Å². The molecule has 8 heteroatoms. The lowest BCUT2D eigenvalue weighted by atomic mass is 9.93. The molecule has 0 atom stereocenters. The molecule has 1 heterocycles. The van der Waals surface area contributed by atoms with E-state index in [9.17, 15) is 13.2 Å². The minimum atomic E-state index is -4.45. The lowest BCUT2D eigenvalue weighted by Gasteiger charge is -2.16. The molecule has 0 spiro atoms. The Morgan fingerprint density at radius 1 is 1.07 bits per heavy atom. The van der Waals surface area contributed by atoms with Crippen molar-refractivity contribution in [2.24, 2.45) is 7.05 Å². The van der Waals surface area contributed by atoms with Crippen molar-refractivity contribution in [2.45, 2.75) is 38.8 Å². The molecule has 0 saturated heterocycles. The van der Waals surface area contributed by atoms with Crippen LogP contribution in [0.15, 0.2) is 30.3 Å². The molecule has 1 aromatic heterocycles. The van der Waals surface area contributed by atoms with Crippen LogP contribution in [0.4, 0.5) is 24.8 Å². The maximum atomic E-state index is 12.9. The monoisotopic (exact) mass is 429 g/mol. The Bertz CT molecular complexity index is 1010. The Morgan fingerprint density at radius 2 is 1.75 bits per heavy atom. The zero-order valence-corrected chi connectivity index (χ0v) is 17.2. The van der Waals surface area contributed by atoms with Crippen LogP contribution < -0.4 is 5.32 Å². The van der Waals surface area contributed by atoms with Gasteiger partial charge in [0.2, 0.25) is 5.95 Å². The molecule has 28 heavy (non-hydrogen) atoms. The average Bonchev–Trinajstić information content (AvgIpc) is 2.96. The Labute approximate surface area is 171 Å². The zero-order chi connectivity index (χ0) is 20.6. The number of anilines is 2. The summed E-state index contributed by atoms with van der Waals surface area (Å²) in [6.07, 6.45) is -2.49. The van der Waals surface area contributed by atoms with E-state index < -0.39 is 11.7 Å². The molecule has 0 saturated carbocycles. The van der Waals surface area contributed by atoms with Crippen LogP contribution >= 0.6 is 23.2 Å². The van der Waals surface area contributed by atoms with Crippen molar-refractivity contribution in [2.75, 3.05) is 5.32 Å². The molecule has 2 aromatic carbocycles. The number of aryl methyl sites for hydroxylation is 1. The van der Waals surface area contributed by atoms with E-state index in [0.29, 0.717) is 28.1 Å². The van der Waals surface area contributed by atoms with E-state index in [1.54, 1.807) is 0 Å². The van der Waals surface area contributed by atoms with Gasteiger partial charge in [-0.2, -0.15) is 13.2 Å². The van der Waals surface area contributed by atoms with Crippen LogP contribution in [0.1, 0.15) is 43.7 Å². The summed E-state index contributed by atoms with van der Waals surface area (Å²) in [6, 6.07) is 7.03. The van der Waals surface area contributed by atoms with Gasteiger partial charge in [-0.05, 0) is 48.6 Å². The third-order valence-corrected chi connectivity index (χ3v) is 5.59. The molecular formula is C20H20Cl2F3N3. The van der Waals surface area contributed by atoms with Gasteiger partial charge < -0.3 is 9.88 Å². The summed E-state index contributed by atoms with van der Waals surface area (Å²) in [6.45, 7) is 4.26. The normalized spacial score (nSPS) is 12.2. The van der Waals surface area contributed by atoms with Crippen LogP contribution in [-0.4, -0.2) is 9.55 Å². The standard InChI is InChI=1S/C20H20Cl2F3N3/c1-4-11(5-2)13-7-8-14(21)17-18(13)28(3)19(27-17)26-16-9-6-12(10-15(16)22)20(23,24)25/h6-11H,4-5H2,1-3H3,(H,26,27). The molecule has 150 valence electrons. The number of fused-ring (bicyclic) bond motifs is 1. The number of halogens is 5. The van der Waals surface area contributed by atoms with Crippen molar-refractivity contribution in [1.82, 2.24) is 9.55 Å². The van der Waals surface area contributed by atoms with Crippen LogP contribution in [0.2, 0.25) is 10.0 Å². The molecular weight excluding hydrogens is 410 g/mol. The minimum Gasteiger partial charge on any atom is -0.324 e. The smallest absolute Gasteiger partial charge is 0.324 e. The molecule has 0 aliphatic rings. The molecule has 3 aromatic rings. The van der Waals surface area contributed by atoms with Crippen molar-refractivity contribution >= 4 is 45.9 Å². The van der Waals surface area contributed by atoms with E-state index >= 15 is 0 Å². The average molecular weight is 430 g/mol. The highest BCUT2D eigenvalue weighted by Crippen LogP contribution is 2.37. The third kappa shape index (κ3) is 3.80. The van der Waals surface area contributed by atoms with Crippen LogP contribution in [-0.2, 0) is 13.2 Å².